The van der Waals surface area contributed by atoms with Crippen LogP contribution in [0.1, 0.15) is 13.8 Å². The maximum atomic E-state index is 4.46. The summed E-state index contributed by atoms with van der Waals surface area (Å²) >= 11 is 0. The molecule has 0 aliphatic rings. The number of benzene rings is 1. The average molecular weight is 213 g/mol. The molecular formula is C13H15N3. The topological polar surface area (TPSA) is 37.8 Å². The van der Waals surface area contributed by atoms with Crippen molar-refractivity contribution < 1.29 is 0 Å². The summed E-state index contributed by atoms with van der Waals surface area (Å²) in [4.78, 5) is 8.73. The van der Waals surface area contributed by atoms with E-state index in [1.807, 2.05) is 36.4 Å². The molecule has 82 valence electrons. The van der Waals surface area contributed by atoms with Crippen molar-refractivity contribution in [1.29, 1.82) is 0 Å². The van der Waals surface area contributed by atoms with Crippen LogP contribution < -0.4 is 5.32 Å². The van der Waals surface area contributed by atoms with Gasteiger partial charge in [0.25, 0.3) is 0 Å². The zero-order valence-corrected chi connectivity index (χ0v) is 9.51. The van der Waals surface area contributed by atoms with Gasteiger partial charge in [0, 0.05) is 17.8 Å². The van der Waals surface area contributed by atoms with Gasteiger partial charge in [-0.05, 0) is 19.9 Å². The van der Waals surface area contributed by atoms with E-state index in [1.165, 1.54) is 0 Å². The third kappa shape index (κ3) is 2.57. The first-order chi connectivity index (χ1) is 7.75. The Morgan fingerprint density at radius 2 is 1.81 bits per heavy atom. The summed E-state index contributed by atoms with van der Waals surface area (Å²) in [6.45, 7) is 4.18. The van der Waals surface area contributed by atoms with Crippen molar-refractivity contribution in [3.8, 4) is 11.4 Å². The van der Waals surface area contributed by atoms with E-state index in [-0.39, 0.29) is 0 Å². The molecule has 1 aromatic heterocycles. The predicted octanol–water partition coefficient (Wildman–Crippen LogP) is 2.96. The molecule has 16 heavy (non-hydrogen) atoms. The number of aromatic nitrogens is 2. The first-order valence-electron chi connectivity index (χ1n) is 5.41. The van der Waals surface area contributed by atoms with Crippen LogP contribution in [0.2, 0.25) is 0 Å². The Bertz CT molecular complexity index is 452. The number of anilines is 1. The van der Waals surface area contributed by atoms with Crippen LogP contribution in [0.25, 0.3) is 11.4 Å². The van der Waals surface area contributed by atoms with Crippen LogP contribution in [0.15, 0.2) is 42.6 Å². The molecule has 2 aromatic rings. The van der Waals surface area contributed by atoms with E-state index < -0.39 is 0 Å². The van der Waals surface area contributed by atoms with Gasteiger partial charge in [0.15, 0.2) is 5.82 Å². The molecule has 0 atom stereocenters. The Hall–Kier alpha value is -1.90. The summed E-state index contributed by atoms with van der Waals surface area (Å²) in [5, 5.41) is 3.26. The van der Waals surface area contributed by atoms with Gasteiger partial charge in [-0.3, -0.25) is 0 Å². The maximum Gasteiger partial charge on any atom is 0.161 e. The fourth-order valence-electron chi connectivity index (χ4n) is 1.46. The summed E-state index contributed by atoms with van der Waals surface area (Å²) in [6.07, 6.45) is 1.78. The van der Waals surface area contributed by atoms with Crippen molar-refractivity contribution in [2.24, 2.45) is 0 Å². The molecule has 0 saturated heterocycles. The first kappa shape index (κ1) is 10.6. The van der Waals surface area contributed by atoms with Crippen molar-refractivity contribution >= 4 is 5.82 Å². The van der Waals surface area contributed by atoms with Crippen molar-refractivity contribution in [2.75, 3.05) is 5.32 Å². The summed E-state index contributed by atoms with van der Waals surface area (Å²) in [6, 6.07) is 12.2. The summed E-state index contributed by atoms with van der Waals surface area (Å²) in [7, 11) is 0. The Balaban J connectivity index is 2.29. The number of nitrogens with zero attached hydrogens (tertiary/aromatic N) is 2. The van der Waals surface area contributed by atoms with Gasteiger partial charge in [-0.25, -0.2) is 9.97 Å². The molecule has 0 unspecified atom stereocenters. The fraction of sp³-hybridized carbons (Fsp3) is 0.231. The quantitative estimate of drug-likeness (QED) is 0.851. The van der Waals surface area contributed by atoms with Crippen molar-refractivity contribution in [2.45, 2.75) is 19.9 Å². The predicted molar refractivity (Wildman–Crippen MR) is 66.2 cm³/mol. The van der Waals surface area contributed by atoms with Crippen molar-refractivity contribution in [1.82, 2.24) is 9.97 Å². The molecule has 0 aliphatic carbocycles. The van der Waals surface area contributed by atoms with Gasteiger partial charge in [0.2, 0.25) is 0 Å². The number of hydrogen-bond acceptors (Lipinski definition) is 3. The number of rotatable bonds is 3. The molecular weight excluding hydrogens is 198 g/mol. The van der Waals surface area contributed by atoms with E-state index in [0.29, 0.717) is 6.04 Å². The lowest BCUT2D eigenvalue weighted by Crippen LogP contribution is -2.11. The largest absolute Gasteiger partial charge is 0.368 e. The second-order valence-electron chi connectivity index (χ2n) is 3.93. The highest BCUT2D eigenvalue weighted by atomic mass is 15.0. The monoisotopic (exact) mass is 213 g/mol. The van der Waals surface area contributed by atoms with Gasteiger partial charge in [-0.1, -0.05) is 30.3 Å². The number of nitrogens with one attached hydrogen (secondary N) is 1. The fourth-order valence-corrected chi connectivity index (χ4v) is 1.46. The molecule has 3 nitrogen and oxygen atoms in total. The van der Waals surface area contributed by atoms with E-state index >= 15 is 0 Å². The Morgan fingerprint density at radius 1 is 1.06 bits per heavy atom. The highest BCUT2D eigenvalue weighted by molar-refractivity contribution is 5.56. The summed E-state index contributed by atoms with van der Waals surface area (Å²) in [5.74, 6) is 1.62. The molecule has 0 bridgehead atoms. The zero-order valence-electron chi connectivity index (χ0n) is 9.51. The molecule has 0 spiro atoms. The van der Waals surface area contributed by atoms with Crippen molar-refractivity contribution in [3.63, 3.8) is 0 Å². The third-order valence-corrected chi connectivity index (χ3v) is 2.12. The minimum absolute atomic E-state index is 0.374. The molecule has 0 amide bonds. The van der Waals surface area contributed by atoms with Crippen LogP contribution >= 0.6 is 0 Å². The van der Waals surface area contributed by atoms with Gasteiger partial charge >= 0.3 is 0 Å². The molecule has 1 aromatic carbocycles. The molecule has 0 saturated carbocycles. The maximum absolute atomic E-state index is 4.46. The Kier molecular flexibility index (Phi) is 3.15. The van der Waals surface area contributed by atoms with Crippen LogP contribution in [0.4, 0.5) is 5.82 Å². The lowest BCUT2D eigenvalue weighted by atomic mass is 10.2. The van der Waals surface area contributed by atoms with Gasteiger partial charge < -0.3 is 5.32 Å². The SMILES string of the molecule is CC(C)Nc1ccnc(-c2ccccc2)n1. The molecule has 1 heterocycles. The second-order valence-corrected chi connectivity index (χ2v) is 3.93. The van der Waals surface area contributed by atoms with Crippen molar-refractivity contribution in [3.05, 3.63) is 42.6 Å². The molecule has 0 aliphatic heterocycles. The number of hydrogen-bond donors (Lipinski definition) is 1. The zero-order chi connectivity index (χ0) is 11.4. The van der Waals surface area contributed by atoms with Crippen LogP contribution in [0, 0.1) is 0 Å². The molecule has 3 heteroatoms. The summed E-state index contributed by atoms with van der Waals surface area (Å²) < 4.78 is 0. The van der Waals surface area contributed by atoms with Gasteiger partial charge in [-0.15, -0.1) is 0 Å². The van der Waals surface area contributed by atoms with Crippen LogP contribution in [0.3, 0.4) is 0 Å². The van der Waals surface area contributed by atoms with Gasteiger partial charge in [0.1, 0.15) is 5.82 Å². The average Bonchev–Trinajstić information content (AvgIpc) is 2.30. The molecule has 0 radical (unpaired) electrons. The van der Waals surface area contributed by atoms with E-state index in [4.69, 9.17) is 0 Å². The van der Waals surface area contributed by atoms with Crippen LogP contribution in [-0.2, 0) is 0 Å². The van der Waals surface area contributed by atoms with E-state index in [1.54, 1.807) is 6.20 Å². The van der Waals surface area contributed by atoms with Gasteiger partial charge in [-0.2, -0.15) is 0 Å². The standard InChI is InChI=1S/C13H15N3/c1-10(2)15-12-8-9-14-13(16-12)11-6-4-3-5-7-11/h3-10H,1-2H3,(H,14,15,16). The highest BCUT2D eigenvalue weighted by Crippen LogP contribution is 2.15. The lowest BCUT2D eigenvalue weighted by molar-refractivity contribution is 0.887. The third-order valence-electron chi connectivity index (χ3n) is 2.12. The molecule has 2 rings (SSSR count). The summed E-state index contributed by atoms with van der Waals surface area (Å²) in [5.41, 5.74) is 1.04. The lowest BCUT2D eigenvalue weighted by Gasteiger charge is -2.09. The molecule has 0 fully saturated rings. The normalized spacial score (nSPS) is 10.4. The Morgan fingerprint density at radius 3 is 2.50 bits per heavy atom. The minimum atomic E-state index is 0.374. The van der Waals surface area contributed by atoms with E-state index in [9.17, 15) is 0 Å². The highest BCUT2D eigenvalue weighted by Gasteiger charge is 2.02. The van der Waals surface area contributed by atoms with Gasteiger partial charge in [0.05, 0.1) is 0 Å². The minimum Gasteiger partial charge on any atom is -0.368 e. The molecule has 1 N–H and O–H groups in total. The van der Waals surface area contributed by atoms with E-state index in [0.717, 1.165) is 17.2 Å². The first-order valence-corrected chi connectivity index (χ1v) is 5.41. The smallest absolute Gasteiger partial charge is 0.161 e. The Labute approximate surface area is 95.6 Å². The van der Waals surface area contributed by atoms with Crippen LogP contribution in [-0.4, -0.2) is 16.0 Å². The van der Waals surface area contributed by atoms with E-state index in [2.05, 4.69) is 29.1 Å². The van der Waals surface area contributed by atoms with Crippen LogP contribution in [0.5, 0.6) is 0 Å². The second kappa shape index (κ2) is 4.75.